The maximum Gasteiger partial charge on any atom is 0.143 e. The molecule has 1 spiro atoms. The Morgan fingerprint density at radius 3 is 1.48 bits per heavy atom. The Hall–Kier alpha value is -7.62. The van der Waals surface area contributed by atoms with Gasteiger partial charge in [-0.1, -0.05) is 140 Å². The first-order valence-electron chi connectivity index (χ1n) is 20.8. The standard InChI is InChI=1S/C57H40N2O/c1-37-17-9-14-26-52(37)58(39-19-5-3-6-20-39)41-29-31-43-44-32-30-42(59(40-21-7-4-8-22-40)53-27-15-10-18-38(53)2)36-51(44)57(50(43)35-41)48-25-13-11-24-47(48)55-49(57)34-33-46-45-23-12-16-28-54(45)60-56(46)55/h3-36H,1-2H3. The quantitative estimate of drug-likeness (QED) is 0.168. The third-order valence-corrected chi connectivity index (χ3v) is 12.9. The van der Waals surface area contributed by atoms with E-state index >= 15 is 0 Å². The minimum atomic E-state index is -0.641. The number of furan rings is 1. The zero-order valence-electron chi connectivity index (χ0n) is 33.4. The molecular weight excluding hydrogens is 729 g/mol. The van der Waals surface area contributed by atoms with E-state index in [0.29, 0.717) is 0 Å². The summed E-state index contributed by atoms with van der Waals surface area (Å²) in [6.07, 6.45) is 0. The number of rotatable bonds is 6. The van der Waals surface area contributed by atoms with Crippen LogP contribution in [0.4, 0.5) is 34.1 Å². The maximum atomic E-state index is 6.90. The van der Waals surface area contributed by atoms with Crippen LogP contribution in [0.15, 0.2) is 211 Å². The molecule has 284 valence electrons. The third-order valence-electron chi connectivity index (χ3n) is 12.9. The second-order valence-corrected chi connectivity index (χ2v) is 16.1. The van der Waals surface area contributed by atoms with Crippen molar-refractivity contribution in [1.82, 2.24) is 0 Å². The molecule has 3 nitrogen and oxygen atoms in total. The van der Waals surface area contributed by atoms with E-state index in [4.69, 9.17) is 4.42 Å². The summed E-state index contributed by atoms with van der Waals surface area (Å²) < 4.78 is 6.90. The number of hydrogen-bond donors (Lipinski definition) is 0. The maximum absolute atomic E-state index is 6.90. The lowest BCUT2D eigenvalue weighted by molar-refractivity contribution is 0.669. The second kappa shape index (κ2) is 13.2. The van der Waals surface area contributed by atoms with Crippen LogP contribution in [0.2, 0.25) is 0 Å². The van der Waals surface area contributed by atoms with Gasteiger partial charge in [-0.15, -0.1) is 0 Å². The van der Waals surface area contributed by atoms with Crippen molar-refractivity contribution in [2.24, 2.45) is 0 Å². The van der Waals surface area contributed by atoms with Gasteiger partial charge >= 0.3 is 0 Å². The summed E-state index contributed by atoms with van der Waals surface area (Å²) in [6, 6.07) is 75.3. The molecule has 0 saturated carbocycles. The minimum absolute atomic E-state index is 0.641. The molecule has 1 heterocycles. The molecule has 0 N–H and O–H groups in total. The van der Waals surface area contributed by atoms with Crippen molar-refractivity contribution in [3.8, 4) is 22.3 Å². The van der Waals surface area contributed by atoms with Gasteiger partial charge in [-0.05, 0) is 131 Å². The van der Waals surface area contributed by atoms with Gasteiger partial charge < -0.3 is 14.2 Å². The SMILES string of the molecule is Cc1ccccc1N(c1ccccc1)c1ccc2c(c1)C1(c3cc(N(c4ccccc4)c4ccccc4C)ccc3-2)c2ccccc2-c2c1ccc1c2oc2ccccc21. The first-order valence-corrected chi connectivity index (χ1v) is 20.8. The predicted molar refractivity (Wildman–Crippen MR) is 249 cm³/mol. The molecule has 60 heavy (non-hydrogen) atoms. The molecule has 0 bridgehead atoms. The molecule has 0 radical (unpaired) electrons. The first kappa shape index (κ1) is 34.4. The zero-order valence-corrected chi connectivity index (χ0v) is 33.4. The highest BCUT2D eigenvalue weighted by atomic mass is 16.3. The number of fused-ring (bicyclic) bond motifs is 14. The molecule has 0 atom stereocenters. The lowest BCUT2D eigenvalue weighted by Gasteiger charge is -2.33. The summed E-state index contributed by atoms with van der Waals surface area (Å²) in [4.78, 5) is 4.83. The van der Waals surface area contributed by atoms with Crippen molar-refractivity contribution < 1.29 is 4.42 Å². The molecule has 10 aromatic rings. The van der Waals surface area contributed by atoms with Gasteiger partial charge in [0, 0.05) is 50.5 Å². The van der Waals surface area contributed by atoms with Crippen LogP contribution in [0.5, 0.6) is 0 Å². The normalized spacial score (nSPS) is 13.0. The Bertz CT molecular complexity index is 3170. The molecule has 0 unspecified atom stereocenters. The number of para-hydroxylation sites is 5. The summed E-state index contributed by atoms with van der Waals surface area (Å²) in [7, 11) is 0. The summed E-state index contributed by atoms with van der Waals surface area (Å²) in [5, 5.41) is 2.28. The number of nitrogens with zero attached hydrogens (tertiary/aromatic N) is 2. The fourth-order valence-corrected chi connectivity index (χ4v) is 10.3. The van der Waals surface area contributed by atoms with Gasteiger partial charge in [-0.25, -0.2) is 0 Å². The smallest absolute Gasteiger partial charge is 0.143 e. The van der Waals surface area contributed by atoms with E-state index in [9.17, 15) is 0 Å². The van der Waals surface area contributed by atoms with Crippen LogP contribution in [-0.2, 0) is 5.41 Å². The molecule has 2 aliphatic carbocycles. The van der Waals surface area contributed by atoms with E-state index in [0.717, 1.165) is 56.1 Å². The van der Waals surface area contributed by atoms with Crippen molar-refractivity contribution in [2.75, 3.05) is 9.80 Å². The van der Waals surface area contributed by atoms with Gasteiger partial charge in [-0.2, -0.15) is 0 Å². The van der Waals surface area contributed by atoms with Crippen LogP contribution in [-0.4, -0.2) is 0 Å². The van der Waals surface area contributed by atoms with E-state index in [-0.39, 0.29) is 0 Å². The van der Waals surface area contributed by atoms with Crippen molar-refractivity contribution in [1.29, 1.82) is 0 Å². The van der Waals surface area contributed by atoms with E-state index in [1.165, 1.54) is 55.6 Å². The molecule has 0 fully saturated rings. The van der Waals surface area contributed by atoms with E-state index in [1.54, 1.807) is 0 Å². The van der Waals surface area contributed by atoms with Gasteiger partial charge in [0.15, 0.2) is 0 Å². The Kier molecular flexibility index (Phi) is 7.58. The van der Waals surface area contributed by atoms with Gasteiger partial charge in [0.05, 0.1) is 5.41 Å². The fraction of sp³-hybridized carbons (Fsp3) is 0.0526. The number of benzene rings is 9. The topological polar surface area (TPSA) is 19.6 Å². The summed E-state index contributed by atoms with van der Waals surface area (Å²) in [5.41, 5.74) is 20.3. The van der Waals surface area contributed by atoms with Crippen molar-refractivity contribution >= 4 is 56.1 Å². The highest BCUT2D eigenvalue weighted by molar-refractivity contribution is 6.13. The monoisotopic (exact) mass is 768 g/mol. The second-order valence-electron chi connectivity index (χ2n) is 16.1. The zero-order chi connectivity index (χ0) is 40.0. The van der Waals surface area contributed by atoms with Crippen LogP contribution in [0.1, 0.15) is 33.4 Å². The van der Waals surface area contributed by atoms with E-state index < -0.39 is 5.41 Å². The number of hydrogen-bond acceptors (Lipinski definition) is 3. The van der Waals surface area contributed by atoms with E-state index in [1.807, 2.05) is 0 Å². The molecule has 2 aliphatic rings. The number of aryl methyl sites for hydroxylation is 2. The van der Waals surface area contributed by atoms with Gasteiger partial charge in [0.2, 0.25) is 0 Å². The molecule has 12 rings (SSSR count). The highest BCUT2D eigenvalue weighted by Gasteiger charge is 2.53. The predicted octanol–water partition coefficient (Wildman–Crippen LogP) is 15.5. The number of anilines is 6. The molecule has 9 aromatic carbocycles. The van der Waals surface area contributed by atoms with Crippen LogP contribution in [0, 0.1) is 13.8 Å². The van der Waals surface area contributed by atoms with Crippen LogP contribution in [0.3, 0.4) is 0 Å². The molecular formula is C57H40N2O. The highest BCUT2D eigenvalue weighted by Crippen LogP contribution is 2.65. The fourth-order valence-electron chi connectivity index (χ4n) is 10.3. The Morgan fingerprint density at radius 2 is 0.883 bits per heavy atom. The third kappa shape index (κ3) is 4.84. The molecule has 3 heteroatoms. The van der Waals surface area contributed by atoms with Gasteiger partial charge in [-0.3, -0.25) is 0 Å². The van der Waals surface area contributed by atoms with Crippen molar-refractivity contribution in [3.63, 3.8) is 0 Å². The molecule has 0 aliphatic heterocycles. The van der Waals surface area contributed by atoms with Crippen LogP contribution < -0.4 is 9.80 Å². The minimum Gasteiger partial charge on any atom is -0.455 e. The first-order chi connectivity index (χ1) is 29.6. The Morgan fingerprint density at radius 1 is 0.367 bits per heavy atom. The average Bonchev–Trinajstić information content (AvgIpc) is 3.92. The summed E-state index contributed by atoms with van der Waals surface area (Å²) >= 11 is 0. The summed E-state index contributed by atoms with van der Waals surface area (Å²) in [6.45, 7) is 4.40. The summed E-state index contributed by atoms with van der Waals surface area (Å²) in [5.74, 6) is 0. The van der Waals surface area contributed by atoms with Crippen molar-refractivity contribution in [3.05, 3.63) is 240 Å². The molecule has 1 aromatic heterocycles. The Labute approximate surface area is 350 Å². The van der Waals surface area contributed by atoms with E-state index in [2.05, 4.69) is 230 Å². The lowest BCUT2D eigenvalue weighted by atomic mass is 9.70. The van der Waals surface area contributed by atoms with Gasteiger partial charge in [0.25, 0.3) is 0 Å². The van der Waals surface area contributed by atoms with Crippen molar-refractivity contribution in [2.45, 2.75) is 19.3 Å². The average molecular weight is 769 g/mol. The van der Waals surface area contributed by atoms with Crippen LogP contribution in [0.25, 0.3) is 44.2 Å². The Balaban J connectivity index is 1.19. The largest absolute Gasteiger partial charge is 0.455 e. The molecule has 0 saturated heterocycles. The molecule has 0 amide bonds. The lowest BCUT2D eigenvalue weighted by Crippen LogP contribution is -2.26. The van der Waals surface area contributed by atoms with Crippen LogP contribution >= 0.6 is 0 Å². The van der Waals surface area contributed by atoms with Gasteiger partial charge in [0.1, 0.15) is 11.2 Å².